The van der Waals surface area contributed by atoms with Gasteiger partial charge in [-0.25, -0.2) is 4.98 Å². The monoisotopic (exact) mass is 253 g/mol. The molecule has 0 saturated carbocycles. The fraction of sp³-hybridized carbons (Fsp3) is 0.615. The smallest absolute Gasteiger partial charge is 0.147 e. The highest BCUT2D eigenvalue weighted by Gasteiger charge is 2.29. The van der Waals surface area contributed by atoms with Crippen molar-refractivity contribution in [3.63, 3.8) is 0 Å². The highest BCUT2D eigenvalue weighted by molar-refractivity contribution is 6.33. The van der Waals surface area contributed by atoms with Crippen LogP contribution in [0.15, 0.2) is 12.3 Å². The van der Waals surface area contributed by atoms with Gasteiger partial charge in [0.1, 0.15) is 5.82 Å². The minimum Gasteiger partial charge on any atom is -0.352 e. The van der Waals surface area contributed by atoms with E-state index in [4.69, 9.17) is 17.3 Å². The molecule has 2 N–H and O–H groups in total. The highest BCUT2D eigenvalue weighted by atomic mass is 35.5. The number of pyridine rings is 1. The van der Waals surface area contributed by atoms with Crippen LogP contribution in [0, 0.1) is 5.92 Å². The van der Waals surface area contributed by atoms with Crippen molar-refractivity contribution in [3.05, 3.63) is 22.8 Å². The topological polar surface area (TPSA) is 42.2 Å². The third kappa shape index (κ3) is 2.55. The Morgan fingerprint density at radius 1 is 1.59 bits per heavy atom. The van der Waals surface area contributed by atoms with Crippen molar-refractivity contribution in [1.29, 1.82) is 0 Å². The normalized spacial score (nSPS) is 20.3. The summed E-state index contributed by atoms with van der Waals surface area (Å²) in [6, 6.07) is 2.49. The van der Waals surface area contributed by atoms with Crippen molar-refractivity contribution in [3.8, 4) is 0 Å². The van der Waals surface area contributed by atoms with Crippen molar-refractivity contribution in [2.45, 2.75) is 39.3 Å². The molecule has 94 valence electrons. The van der Waals surface area contributed by atoms with E-state index in [1.54, 1.807) is 0 Å². The van der Waals surface area contributed by atoms with Crippen LogP contribution in [0.3, 0.4) is 0 Å². The summed E-state index contributed by atoms with van der Waals surface area (Å²) in [5.74, 6) is 1.55. The highest BCUT2D eigenvalue weighted by Crippen LogP contribution is 2.33. The van der Waals surface area contributed by atoms with Crippen molar-refractivity contribution in [2.24, 2.45) is 11.7 Å². The van der Waals surface area contributed by atoms with E-state index in [0.29, 0.717) is 18.5 Å². The number of nitrogens with zero attached hydrogens (tertiary/aromatic N) is 2. The molecule has 1 atom stereocenters. The van der Waals surface area contributed by atoms with Gasteiger partial charge in [0.2, 0.25) is 0 Å². The summed E-state index contributed by atoms with van der Waals surface area (Å²) in [6.45, 7) is 6.05. The van der Waals surface area contributed by atoms with Crippen LogP contribution in [0.1, 0.15) is 32.3 Å². The molecule has 1 unspecified atom stereocenters. The molecule has 1 aromatic rings. The second-order valence-corrected chi connectivity index (χ2v) is 5.41. The van der Waals surface area contributed by atoms with Crippen molar-refractivity contribution >= 4 is 17.4 Å². The maximum Gasteiger partial charge on any atom is 0.147 e. The van der Waals surface area contributed by atoms with Crippen LogP contribution in [-0.4, -0.2) is 17.6 Å². The number of halogens is 1. The number of hydrogen-bond acceptors (Lipinski definition) is 3. The predicted octanol–water partition coefficient (Wildman–Crippen LogP) is 2.82. The van der Waals surface area contributed by atoms with Gasteiger partial charge in [0.05, 0.1) is 5.02 Å². The van der Waals surface area contributed by atoms with E-state index in [0.717, 1.165) is 22.9 Å². The van der Waals surface area contributed by atoms with Gasteiger partial charge in [0, 0.05) is 25.3 Å². The van der Waals surface area contributed by atoms with E-state index < -0.39 is 0 Å². The first-order valence-corrected chi connectivity index (χ1v) is 6.62. The average Bonchev–Trinajstić information content (AvgIpc) is 2.77. The Labute approximate surface area is 108 Å². The van der Waals surface area contributed by atoms with Crippen LogP contribution in [0.4, 0.5) is 5.82 Å². The molecule has 0 bridgehead atoms. The van der Waals surface area contributed by atoms with Gasteiger partial charge >= 0.3 is 0 Å². The molecule has 1 saturated heterocycles. The van der Waals surface area contributed by atoms with Gasteiger partial charge in [0.25, 0.3) is 0 Å². The van der Waals surface area contributed by atoms with Crippen molar-refractivity contribution in [2.75, 3.05) is 11.4 Å². The summed E-state index contributed by atoms with van der Waals surface area (Å²) in [4.78, 5) is 6.82. The first-order chi connectivity index (χ1) is 8.13. The fourth-order valence-electron chi connectivity index (χ4n) is 2.54. The van der Waals surface area contributed by atoms with Gasteiger partial charge in [-0.05, 0) is 30.4 Å². The van der Waals surface area contributed by atoms with E-state index in [9.17, 15) is 0 Å². The minimum absolute atomic E-state index is 0.487. The SMILES string of the molecule is CC(C)C1CCCN1c1ncc(CN)cc1Cl. The van der Waals surface area contributed by atoms with E-state index in [1.165, 1.54) is 12.8 Å². The van der Waals surface area contributed by atoms with E-state index in [2.05, 4.69) is 23.7 Å². The standard InChI is InChI=1S/C13H20ClN3/c1-9(2)12-4-3-5-17(12)13-11(14)6-10(7-15)8-16-13/h6,8-9,12H,3-5,7,15H2,1-2H3. The third-order valence-electron chi connectivity index (χ3n) is 3.45. The second kappa shape index (κ2) is 5.23. The zero-order chi connectivity index (χ0) is 12.4. The lowest BCUT2D eigenvalue weighted by Gasteiger charge is -2.29. The Morgan fingerprint density at radius 2 is 2.35 bits per heavy atom. The zero-order valence-electron chi connectivity index (χ0n) is 10.5. The largest absolute Gasteiger partial charge is 0.352 e. The first kappa shape index (κ1) is 12.7. The maximum absolute atomic E-state index is 6.30. The third-order valence-corrected chi connectivity index (χ3v) is 3.73. The van der Waals surface area contributed by atoms with E-state index >= 15 is 0 Å². The lowest BCUT2D eigenvalue weighted by molar-refractivity contribution is 0.489. The Hall–Kier alpha value is -0.800. The molecule has 0 aliphatic carbocycles. The number of nitrogens with two attached hydrogens (primary N) is 1. The molecule has 1 fully saturated rings. The molecule has 4 heteroatoms. The van der Waals surface area contributed by atoms with Crippen LogP contribution in [-0.2, 0) is 6.54 Å². The molecule has 1 aromatic heterocycles. The molecule has 0 amide bonds. The number of aromatic nitrogens is 1. The lowest BCUT2D eigenvalue weighted by Crippen LogP contribution is -2.34. The Bertz CT molecular complexity index is 392. The molecule has 1 aliphatic heterocycles. The molecule has 2 rings (SSSR count). The van der Waals surface area contributed by atoms with Crippen LogP contribution in [0.25, 0.3) is 0 Å². The van der Waals surface area contributed by atoms with Crippen LogP contribution in [0.5, 0.6) is 0 Å². The van der Waals surface area contributed by atoms with Crippen molar-refractivity contribution < 1.29 is 0 Å². The summed E-state index contributed by atoms with van der Waals surface area (Å²) in [6.07, 6.45) is 4.28. The van der Waals surface area contributed by atoms with Crippen LogP contribution in [0.2, 0.25) is 5.02 Å². The number of anilines is 1. The predicted molar refractivity (Wildman–Crippen MR) is 72.3 cm³/mol. The summed E-state index contributed by atoms with van der Waals surface area (Å²) in [7, 11) is 0. The van der Waals surface area contributed by atoms with Gasteiger partial charge in [-0.1, -0.05) is 25.4 Å². The number of hydrogen-bond donors (Lipinski definition) is 1. The van der Waals surface area contributed by atoms with Gasteiger partial charge in [-0.2, -0.15) is 0 Å². The summed E-state index contributed by atoms with van der Waals surface area (Å²) >= 11 is 6.30. The minimum atomic E-state index is 0.487. The number of rotatable bonds is 3. The fourth-order valence-corrected chi connectivity index (χ4v) is 2.84. The summed E-state index contributed by atoms with van der Waals surface area (Å²) in [5.41, 5.74) is 6.57. The van der Waals surface area contributed by atoms with Crippen molar-refractivity contribution in [1.82, 2.24) is 4.98 Å². The quantitative estimate of drug-likeness (QED) is 0.901. The molecule has 1 aliphatic rings. The molecular weight excluding hydrogens is 234 g/mol. The van der Waals surface area contributed by atoms with Crippen LogP contribution >= 0.6 is 11.6 Å². The molecular formula is C13H20ClN3. The Kier molecular flexibility index (Phi) is 3.89. The molecule has 0 aromatic carbocycles. The summed E-state index contributed by atoms with van der Waals surface area (Å²) < 4.78 is 0. The molecule has 3 nitrogen and oxygen atoms in total. The average molecular weight is 254 g/mol. The maximum atomic E-state index is 6.30. The summed E-state index contributed by atoms with van der Waals surface area (Å²) in [5, 5.41) is 0.723. The Morgan fingerprint density at radius 3 is 2.94 bits per heavy atom. The van der Waals surface area contributed by atoms with Gasteiger partial charge in [-0.15, -0.1) is 0 Å². The first-order valence-electron chi connectivity index (χ1n) is 6.24. The molecule has 0 spiro atoms. The second-order valence-electron chi connectivity index (χ2n) is 5.00. The van der Waals surface area contributed by atoms with E-state index in [1.807, 2.05) is 12.3 Å². The zero-order valence-corrected chi connectivity index (χ0v) is 11.2. The van der Waals surface area contributed by atoms with Gasteiger partial charge < -0.3 is 10.6 Å². The Balaban J connectivity index is 2.27. The molecule has 0 radical (unpaired) electrons. The lowest BCUT2D eigenvalue weighted by atomic mass is 10.0. The van der Waals surface area contributed by atoms with Gasteiger partial charge in [-0.3, -0.25) is 0 Å². The van der Waals surface area contributed by atoms with Crippen LogP contribution < -0.4 is 10.6 Å². The molecule has 17 heavy (non-hydrogen) atoms. The van der Waals surface area contributed by atoms with Gasteiger partial charge in [0.15, 0.2) is 0 Å². The van der Waals surface area contributed by atoms with E-state index in [-0.39, 0.29) is 0 Å². The molecule has 2 heterocycles.